The van der Waals surface area contributed by atoms with Gasteiger partial charge in [0.25, 0.3) is 5.91 Å². The van der Waals surface area contributed by atoms with Crippen LogP contribution >= 0.6 is 0 Å². The van der Waals surface area contributed by atoms with E-state index >= 15 is 0 Å². The van der Waals surface area contributed by atoms with Gasteiger partial charge in [0.1, 0.15) is 11.5 Å². The number of aryl methyl sites for hydroxylation is 1. The van der Waals surface area contributed by atoms with Crippen LogP contribution in [-0.2, 0) is 13.0 Å². The first-order valence-electron chi connectivity index (χ1n) is 10.1. The molecule has 0 atom stereocenters. The van der Waals surface area contributed by atoms with Crippen molar-refractivity contribution < 1.29 is 9.21 Å². The molecule has 1 aliphatic rings. The Labute approximate surface area is 171 Å². The van der Waals surface area contributed by atoms with Crippen LogP contribution in [0.4, 0.5) is 5.95 Å². The van der Waals surface area contributed by atoms with E-state index in [-0.39, 0.29) is 5.91 Å². The predicted molar refractivity (Wildman–Crippen MR) is 112 cm³/mol. The van der Waals surface area contributed by atoms with Crippen molar-refractivity contribution in [3.05, 3.63) is 77.5 Å². The summed E-state index contributed by atoms with van der Waals surface area (Å²) in [4.78, 5) is 23.8. The minimum absolute atomic E-state index is 0.216. The van der Waals surface area contributed by atoms with Gasteiger partial charge in [-0.05, 0) is 55.9 Å². The predicted octanol–water partition coefficient (Wildman–Crippen LogP) is 3.77. The van der Waals surface area contributed by atoms with Gasteiger partial charge in [0.05, 0.1) is 12.8 Å². The van der Waals surface area contributed by atoms with E-state index in [0.29, 0.717) is 29.9 Å². The van der Waals surface area contributed by atoms with Gasteiger partial charge in [0.15, 0.2) is 0 Å². The van der Waals surface area contributed by atoms with Crippen molar-refractivity contribution >= 4 is 11.9 Å². The molecule has 1 saturated heterocycles. The van der Waals surface area contributed by atoms with Crippen LogP contribution in [0, 0.1) is 12.8 Å². The summed E-state index contributed by atoms with van der Waals surface area (Å²) >= 11 is 0. The van der Waals surface area contributed by atoms with Gasteiger partial charge < -0.3 is 14.6 Å². The molecule has 4 rings (SSSR count). The van der Waals surface area contributed by atoms with Crippen molar-refractivity contribution in [3.63, 3.8) is 0 Å². The molecule has 6 heteroatoms. The molecule has 0 bridgehead atoms. The molecule has 3 aromatic rings. The minimum Gasteiger partial charge on any atom is -0.467 e. The van der Waals surface area contributed by atoms with Crippen molar-refractivity contribution in [2.75, 3.05) is 18.0 Å². The summed E-state index contributed by atoms with van der Waals surface area (Å²) in [6.45, 7) is 4.06. The lowest BCUT2D eigenvalue weighted by Gasteiger charge is -2.32. The summed E-state index contributed by atoms with van der Waals surface area (Å²) in [7, 11) is 0. The van der Waals surface area contributed by atoms with Crippen LogP contribution in [0.25, 0.3) is 0 Å². The van der Waals surface area contributed by atoms with Gasteiger partial charge >= 0.3 is 0 Å². The summed E-state index contributed by atoms with van der Waals surface area (Å²) in [5, 5.41) is 2.85. The fourth-order valence-corrected chi connectivity index (χ4v) is 3.77. The maximum atomic E-state index is 12.5. The minimum atomic E-state index is -0.216. The van der Waals surface area contributed by atoms with Crippen LogP contribution in [0.5, 0.6) is 0 Å². The van der Waals surface area contributed by atoms with E-state index in [9.17, 15) is 4.79 Å². The van der Waals surface area contributed by atoms with Crippen molar-refractivity contribution in [1.82, 2.24) is 15.3 Å². The number of nitrogens with zero attached hydrogens (tertiary/aromatic N) is 3. The third-order valence-corrected chi connectivity index (χ3v) is 5.34. The van der Waals surface area contributed by atoms with Gasteiger partial charge in [0.2, 0.25) is 5.95 Å². The van der Waals surface area contributed by atoms with E-state index < -0.39 is 0 Å². The first-order chi connectivity index (χ1) is 14.2. The van der Waals surface area contributed by atoms with Gasteiger partial charge in [0, 0.05) is 18.8 Å². The van der Waals surface area contributed by atoms with Crippen LogP contribution in [0.3, 0.4) is 0 Å². The van der Waals surface area contributed by atoms with Crippen molar-refractivity contribution in [1.29, 1.82) is 0 Å². The first kappa shape index (κ1) is 19.2. The maximum absolute atomic E-state index is 12.5. The molecule has 1 amide bonds. The summed E-state index contributed by atoms with van der Waals surface area (Å²) in [6, 6.07) is 16.0. The zero-order chi connectivity index (χ0) is 20.1. The summed E-state index contributed by atoms with van der Waals surface area (Å²) in [5.74, 6) is 1.82. The van der Waals surface area contributed by atoms with E-state index in [1.807, 2.05) is 13.0 Å². The number of aromatic nitrogens is 2. The monoisotopic (exact) mass is 390 g/mol. The number of piperidine rings is 1. The van der Waals surface area contributed by atoms with Crippen molar-refractivity contribution in [2.24, 2.45) is 5.92 Å². The third-order valence-electron chi connectivity index (χ3n) is 5.34. The zero-order valence-corrected chi connectivity index (χ0v) is 16.7. The molecule has 2 aromatic heterocycles. The summed E-state index contributed by atoms with van der Waals surface area (Å²) in [6.07, 6.45) is 4.91. The second-order valence-electron chi connectivity index (χ2n) is 7.58. The van der Waals surface area contributed by atoms with Gasteiger partial charge in [-0.15, -0.1) is 0 Å². The van der Waals surface area contributed by atoms with Crippen molar-refractivity contribution in [3.8, 4) is 0 Å². The van der Waals surface area contributed by atoms with E-state index in [2.05, 4.69) is 50.5 Å². The maximum Gasteiger partial charge on any atom is 0.270 e. The van der Waals surface area contributed by atoms with Gasteiger partial charge in [-0.25, -0.2) is 9.97 Å². The average Bonchev–Trinajstić information content (AvgIpc) is 3.26. The molecule has 150 valence electrons. The molecule has 1 aromatic carbocycles. The number of anilines is 1. The van der Waals surface area contributed by atoms with Crippen LogP contribution < -0.4 is 10.2 Å². The third kappa shape index (κ3) is 5.02. The molecule has 29 heavy (non-hydrogen) atoms. The fraction of sp³-hybridized carbons (Fsp3) is 0.348. The molecule has 6 nitrogen and oxygen atoms in total. The topological polar surface area (TPSA) is 71.3 Å². The highest BCUT2D eigenvalue weighted by molar-refractivity contribution is 5.92. The molecule has 0 saturated carbocycles. The number of carbonyl (C=O) groups excluding carboxylic acids is 1. The fourth-order valence-electron chi connectivity index (χ4n) is 3.77. The largest absolute Gasteiger partial charge is 0.467 e. The Hall–Kier alpha value is -3.15. The van der Waals surface area contributed by atoms with E-state index in [0.717, 1.165) is 38.0 Å². The molecular formula is C23H26N4O2. The second-order valence-corrected chi connectivity index (χ2v) is 7.58. The van der Waals surface area contributed by atoms with Crippen LogP contribution in [0.2, 0.25) is 0 Å². The number of nitrogens with one attached hydrogen (secondary N) is 1. The van der Waals surface area contributed by atoms with E-state index in [4.69, 9.17) is 4.42 Å². The number of rotatable bonds is 6. The van der Waals surface area contributed by atoms with E-state index in [1.54, 1.807) is 18.4 Å². The molecule has 0 radical (unpaired) electrons. The smallest absolute Gasteiger partial charge is 0.270 e. The van der Waals surface area contributed by atoms with Gasteiger partial charge in [-0.3, -0.25) is 4.79 Å². The standard InChI is InChI=1S/C23H26N4O2/c1-17-14-21(22(28)24-16-20-8-5-13-29-20)26-23(25-17)27-11-9-19(10-12-27)15-18-6-3-2-4-7-18/h2-8,13-14,19H,9-12,15-16H2,1H3,(H,24,28). The number of carbonyl (C=O) groups is 1. The first-order valence-corrected chi connectivity index (χ1v) is 10.1. The molecule has 0 spiro atoms. The average molecular weight is 390 g/mol. The molecule has 1 aliphatic heterocycles. The lowest BCUT2D eigenvalue weighted by Crippen LogP contribution is -2.36. The van der Waals surface area contributed by atoms with Gasteiger partial charge in [-0.1, -0.05) is 30.3 Å². The van der Waals surface area contributed by atoms with Crippen molar-refractivity contribution in [2.45, 2.75) is 32.7 Å². The molecule has 0 aliphatic carbocycles. The molecule has 1 fully saturated rings. The lowest BCUT2D eigenvalue weighted by atomic mass is 9.90. The number of furan rings is 1. The van der Waals surface area contributed by atoms with E-state index in [1.165, 1.54) is 5.56 Å². The van der Waals surface area contributed by atoms with Gasteiger partial charge in [-0.2, -0.15) is 0 Å². The normalized spacial score (nSPS) is 14.7. The Morgan fingerprint density at radius 2 is 1.93 bits per heavy atom. The Morgan fingerprint density at radius 1 is 1.14 bits per heavy atom. The SMILES string of the molecule is Cc1cc(C(=O)NCc2ccco2)nc(N2CCC(Cc3ccccc3)CC2)n1. The zero-order valence-electron chi connectivity index (χ0n) is 16.7. The highest BCUT2D eigenvalue weighted by Gasteiger charge is 2.22. The molecular weight excluding hydrogens is 364 g/mol. The lowest BCUT2D eigenvalue weighted by molar-refractivity contribution is 0.0942. The molecule has 0 unspecified atom stereocenters. The number of amides is 1. The Bertz CT molecular complexity index is 933. The Morgan fingerprint density at radius 3 is 2.66 bits per heavy atom. The van der Waals surface area contributed by atoms with Crippen LogP contribution in [-0.4, -0.2) is 29.0 Å². The quantitative estimate of drug-likeness (QED) is 0.694. The second kappa shape index (κ2) is 8.90. The Kier molecular flexibility index (Phi) is 5.89. The van der Waals surface area contributed by atoms with Crippen LogP contribution in [0.15, 0.2) is 59.2 Å². The molecule has 3 heterocycles. The summed E-state index contributed by atoms with van der Waals surface area (Å²) in [5.41, 5.74) is 2.59. The number of hydrogen-bond donors (Lipinski definition) is 1. The number of benzene rings is 1. The molecule has 1 N–H and O–H groups in total. The Balaban J connectivity index is 1.37. The van der Waals surface area contributed by atoms with Crippen LogP contribution in [0.1, 0.15) is 40.3 Å². The number of hydrogen-bond acceptors (Lipinski definition) is 5. The highest BCUT2D eigenvalue weighted by Crippen LogP contribution is 2.24. The highest BCUT2D eigenvalue weighted by atomic mass is 16.3. The summed E-state index contributed by atoms with van der Waals surface area (Å²) < 4.78 is 5.26.